The average Bonchev–Trinajstić information content (AvgIpc) is 3.56. The Balaban J connectivity index is 1.32. The van der Waals surface area contributed by atoms with E-state index in [0.717, 1.165) is 46.7 Å². The van der Waals surface area contributed by atoms with Crippen molar-refractivity contribution in [1.82, 2.24) is 0 Å². The van der Waals surface area contributed by atoms with E-state index in [1.54, 1.807) is 0 Å². The van der Waals surface area contributed by atoms with Crippen molar-refractivity contribution in [3.8, 4) is 0 Å². The number of rotatable bonds is 10. The topological polar surface area (TPSA) is 0 Å². The Labute approximate surface area is 253 Å². The van der Waals surface area contributed by atoms with Crippen molar-refractivity contribution in [3.63, 3.8) is 0 Å². The zero-order valence-electron chi connectivity index (χ0n) is 26.7. The fraction of sp³-hybridized carbons (Fsp3) is 0.487. The SMILES string of the molecule is C=C(CCC1CCC([Si](C)(C)C2C(C)C(C)C(C)C2C)C1)C[Si](c1ccccc1)(c1ccccc1)c1ccccc1. The lowest BCUT2D eigenvalue weighted by Crippen LogP contribution is -2.67. The Morgan fingerprint density at radius 2 is 1.10 bits per heavy atom. The molecule has 5 rings (SSSR count). The Kier molecular flexibility index (Phi) is 9.31. The second kappa shape index (κ2) is 12.6. The Morgan fingerprint density at radius 3 is 1.54 bits per heavy atom. The maximum Gasteiger partial charge on any atom is 0.152 e. The Hall–Kier alpha value is -2.17. The van der Waals surface area contributed by atoms with Crippen molar-refractivity contribution in [2.45, 2.75) is 90.0 Å². The van der Waals surface area contributed by atoms with E-state index in [1.165, 1.54) is 53.2 Å². The maximum atomic E-state index is 4.79. The summed E-state index contributed by atoms with van der Waals surface area (Å²) in [6, 6.07) is 35.2. The van der Waals surface area contributed by atoms with Gasteiger partial charge in [0.2, 0.25) is 0 Å². The molecule has 0 radical (unpaired) electrons. The molecule has 2 aliphatic rings. The Morgan fingerprint density at radius 1 is 0.659 bits per heavy atom. The molecule has 3 aromatic rings. The van der Waals surface area contributed by atoms with E-state index in [0.29, 0.717) is 0 Å². The first-order chi connectivity index (χ1) is 19.7. The summed E-state index contributed by atoms with van der Waals surface area (Å²) >= 11 is 0. The number of allylic oxidation sites excluding steroid dienone is 1. The molecule has 0 nitrogen and oxygen atoms in total. The third-order valence-corrected chi connectivity index (χ3v) is 22.7. The molecule has 2 saturated carbocycles. The van der Waals surface area contributed by atoms with Gasteiger partial charge >= 0.3 is 0 Å². The van der Waals surface area contributed by atoms with Crippen molar-refractivity contribution in [1.29, 1.82) is 0 Å². The van der Waals surface area contributed by atoms with Crippen molar-refractivity contribution in [2.75, 3.05) is 0 Å². The predicted octanol–water partition coefficient (Wildman–Crippen LogP) is 9.30. The van der Waals surface area contributed by atoms with Crippen molar-refractivity contribution >= 4 is 31.7 Å². The molecule has 2 aliphatic carbocycles. The molecule has 0 heterocycles. The lowest BCUT2D eigenvalue weighted by Gasteiger charge is -2.41. The molecule has 0 aliphatic heterocycles. The second-order valence-corrected chi connectivity index (χ2v) is 23.7. The standard InChI is InChI=1S/C39H54Si2/c1-29(23-24-34-25-26-38(27-34)40(6,7)39-32(4)30(2)31(3)33(39)5)28-41(35-17-11-8-12-18-35,36-19-13-9-14-20-36)37-21-15-10-16-22-37/h8-22,30-34,38-39H,1,23-28H2,2-7H3. The third kappa shape index (κ3) is 5.89. The van der Waals surface area contributed by atoms with Gasteiger partial charge in [0.1, 0.15) is 0 Å². The van der Waals surface area contributed by atoms with Crippen LogP contribution >= 0.6 is 0 Å². The van der Waals surface area contributed by atoms with E-state index >= 15 is 0 Å². The summed E-state index contributed by atoms with van der Waals surface area (Å²) in [4.78, 5) is 0. The van der Waals surface area contributed by atoms with Gasteiger partial charge in [-0.2, -0.15) is 0 Å². The number of hydrogen-bond acceptors (Lipinski definition) is 0. The molecule has 0 N–H and O–H groups in total. The highest BCUT2D eigenvalue weighted by atomic mass is 28.3. The highest BCUT2D eigenvalue weighted by molar-refractivity contribution is 7.11. The minimum Gasteiger partial charge on any atom is -0.100 e. The number of benzene rings is 3. The van der Waals surface area contributed by atoms with Gasteiger partial charge in [-0.1, -0.05) is 150 Å². The molecule has 0 saturated heterocycles. The summed E-state index contributed by atoms with van der Waals surface area (Å²) in [6.45, 7) is 20.6. The van der Waals surface area contributed by atoms with Gasteiger partial charge in [0.15, 0.2) is 8.07 Å². The van der Waals surface area contributed by atoms with Crippen LogP contribution in [-0.4, -0.2) is 16.1 Å². The van der Waals surface area contributed by atoms with E-state index in [-0.39, 0.29) is 0 Å². The van der Waals surface area contributed by atoms with Crippen LogP contribution in [0.25, 0.3) is 0 Å². The third-order valence-electron chi connectivity index (χ3n) is 12.3. The van der Waals surface area contributed by atoms with Gasteiger partial charge in [-0.05, 0) is 81.5 Å². The molecule has 218 valence electrons. The van der Waals surface area contributed by atoms with E-state index in [1.807, 2.05) is 0 Å². The molecule has 0 amide bonds. The highest BCUT2D eigenvalue weighted by Crippen LogP contribution is 2.59. The summed E-state index contributed by atoms with van der Waals surface area (Å²) in [5.74, 6) is 4.43. The van der Waals surface area contributed by atoms with Crippen LogP contribution in [0.3, 0.4) is 0 Å². The monoisotopic (exact) mass is 578 g/mol. The van der Waals surface area contributed by atoms with Gasteiger partial charge in [0, 0.05) is 0 Å². The fourth-order valence-corrected chi connectivity index (χ4v) is 20.1. The van der Waals surface area contributed by atoms with Crippen LogP contribution < -0.4 is 15.6 Å². The highest BCUT2D eigenvalue weighted by Gasteiger charge is 2.52. The quantitative estimate of drug-likeness (QED) is 0.128. The van der Waals surface area contributed by atoms with Gasteiger partial charge in [0.25, 0.3) is 0 Å². The maximum absolute atomic E-state index is 4.79. The van der Waals surface area contributed by atoms with Gasteiger partial charge < -0.3 is 0 Å². The zero-order valence-corrected chi connectivity index (χ0v) is 28.7. The van der Waals surface area contributed by atoms with E-state index < -0.39 is 16.1 Å². The van der Waals surface area contributed by atoms with Crippen LogP contribution in [0, 0.1) is 29.6 Å². The Bertz CT molecular complexity index is 1150. The first-order valence-electron chi connectivity index (χ1n) is 16.5. The second-order valence-electron chi connectivity index (χ2n) is 14.6. The molecule has 0 aromatic heterocycles. The van der Waals surface area contributed by atoms with Gasteiger partial charge in [-0.15, -0.1) is 6.58 Å². The molecule has 0 spiro atoms. The summed E-state index contributed by atoms with van der Waals surface area (Å²) in [7, 11) is -3.58. The summed E-state index contributed by atoms with van der Waals surface area (Å²) in [5.41, 5.74) is 3.44. The molecule has 3 aromatic carbocycles. The van der Waals surface area contributed by atoms with Crippen molar-refractivity contribution in [3.05, 3.63) is 103 Å². The van der Waals surface area contributed by atoms with Crippen LogP contribution in [0.2, 0.25) is 30.2 Å². The molecular formula is C39H54Si2. The van der Waals surface area contributed by atoms with Gasteiger partial charge in [0.05, 0.1) is 8.07 Å². The minimum absolute atomic E-state index is 0.880. The average molecular weight is 579 g/mol. The summed E-state index contributed by atoms with van der Waals surface area (Å²) < 4.78 is 0. The molecule has 2 heteroatoms. The molecule has 6 atom stereocenters. The largest absolute Gasteiger partial charge is 0.152 e. The number of hydrogen-bond donors (Lipinski definition) is 0. The molecular weight excluding hydrogens is 525 g/mol. The molecule has 2 fully saturated rings. The molecule has 41 heavy (non-hydrogen) atoms. The summed E-state index contributed by atoms with van der Waals surface area (Å²) in [5, 5.41) is 4.49. The van der Waals surface area contributed by atoms with E-state index in [4.69, 9.17) is 6.58 Å². The minimum atomic E-state index is -2.25. The van der Waals surface area contributed by atoms with Crippen LogP contribution in [-0.2, 0) is 0 Å². The van der Waals surface area contributed by atoms with Crippen LogP contribution in [0.4, 0.5) is 0 Å². The lowest BCUT2D eigenvalue weighted by atomic mass is 9.92. The van der Waals surface area contributed by atoms with Crippen LogP contribution in [0.5, 0.6) is 0 Å². The molecule has 0 bridgehead atoms. The molecule has 6 unspecified atom stereocenters. The normalized spacial score (nSPS) is 28.6. The lowest BCUT2D eigenvalue weighted by molar-refractivity contribution is 0.352. The first kappa shape index (κ1) is 30.3. The van der Waals surface area contributed by atoms with Gasteiger partial charge in [-0.25, -0.2) is 0 Å². The predicted molar refractivity (Wildman–Crippen MR) is 186 cm³/mol. The van der Waals surface area contributed by atoms with Crippen LogP contribution in [0.15, 0.2) is 103 Å². The van der Waals surface area contributed by atoms with Crippen LogP contribution in [0.1, 0.15) is 59.8 Å². The first-order valence-corrected chi connectivity index (χ1v) is 21.9. The zero-order chi connectivity index (χ0) is 29.2. The van der Waals surface area contributed by atoms with E-state index in [9.17, 15) is 0 Å². The van der Waals surface area contributed by atoms with Gasteiger partial charge in [-0.3, -0.25) is 0 Å². The van der Waals surface area contributed by atoms with Crippen molar-refractivity contribution in [2.24, 2.45) is 29.6 Å². The van der Waals surface area contributed by atoms with Crippen molar-refractivity contribution < 1.29 is 0 Å². The smallest absolute Gasteiger partial charge is 0.100 e. The summed E-state index contributed by atoms with van der Waals surface area (Å²) in [6.07, 6.45) is 6.89. The van der Waals surface area contributed by atoms with E-state index in [2.05, 4.69) is 132 Å². The fourth-order valence-electron chi connectivity index (χ4n) is 9.58.